The zero-order valence-electron chi connectivity index (χ0n) is 8.31. The molecule has 0 spiro atoms. The maximum Gasteiger partial charge on any atom is 0.0615 e. The van der Waals surface area contributed by atoms with Crippen molar-refractivity contribution in [2.75, 3.05) is 0 Å². The van der Waals surface area contributed by atoms with Gasteiger partial charge >= 0.3 is 0 Å². The highest BCUT2D eigenvalue weighted by molar-refractivity contribution is 5.01. The molecule has 1 aliphatic rings. The van der Waals surface area contributed by atoms with E-state index in [-0.39, 0.29) is 0 Å². The third-order valence-electron chi connectivity index (χ3n) is 2.40. The average Bonchev–Trinajstić information content (AvgIpc) is 1.99. The van der Waals surface area contributed by atoms with Gasteiger partial charge in [0.2, 0.25) is 0 Å². The predicted molar refractivity (Wildman–Crippen MR) is 52.2 cm³/mol. The van der Waals surface area contributed by atoms with Crippen LogP contribution in [0, 0.1) is 0 Å². The van der Waals surface area contributed by atoms with E-state index in [0.717, 1.165) is 12.8 Å². The number of ether oxygens (including phenoxy) is 1. The lowest BCUT2D eigenvalue weighted by molar-refractivity contribution is -0.0255. The van der Waals surface area contributed by atoms with Crippen molar-refractivity contribution in [2.24, 2.45) is 0 Å². The van der Waals surface area contributed by atoms with Crippen LogP contribution in [0.25, 0.3) is 0 Å². The molecule has 1 saturated heterocycles. The van der Waals surface area contributed by atoms with Gasteiger partial charge in [-0.2, -0.15) is 0 Å². The number of unbranched alkanes of at least 4 members (excludes halogenated alkanes) is 1. The van der Waals surface area contributed by atoms with Crippen molar-refractivity contribution < 1.29 is 4.74 Å². The van der Waals surface area contributed by atoms with Crippen molar-refractivity contribution in [3.05, 3.63) is 12.2 Å². The first-order valence-corrected chi connectivity index (χ1v) is 5.04. The van der Waals surface area contributed by atoms with Crippen LogP contribution in [-0.4, -0.2) is 12.2 Å². The van der Waals surface area contributed by atoms with Crippen LogP contribution in [0.2, 0.25) is 0 Å². The van der Waals surface area contributed by atoms with Gasteiger partial charge in [-0.15, -0.1) is 0 Å². The zero-order chi connectivity index (χ0) is 8.97. The largest absolute Gasteiger partial charge is 0.375 e. The molecule has 0 aromatic carbocycles. The van der Waals surface area contributed by atoms with E-state index in [9.17, 15) is 0 Å². The van der Waals surface area contributed by atoms with E-state index >= 15 is 0 Å². The summed E-state index contributed by atoms with van der Waals surface area (Å²) in [5.74, 6) is 0. The molecule has 0 N–H and O–H groups in total. The molecule has 0 unspecified atom stereocenters. The van der Waals surface area contributed by atoms with Crippen LogP contribution >= 0.6 is 0 Å². The molecule has 0 radical (unpaired) electrons. The molecule has 0 aromatic heterocycles. The highest BCUT2D eigenvalue weighted by atomic mass is 16.5. The van der Waals surface area contributed by atoms with Crippen molar-refractivity contribution in [2.45, 2.75) is 58.2 Å². The van der Waals surface area contributed by atoms with Crippen LogP contribution < -0.4 is 0 Å². The van der Waals surface area contributed by atoms with Crippen molar-refractivity contribution >= 4 is 0 Å². The first-order chi connectivity index (χ1) is 5.72. The normalized spacial score (nSPS) is 30.7. The van der Waals surface area contributed by atoms with Crippen LogP contribution in [0.4, 0.5) is 0 Å². The standard InChI is InChI=1S/C11H20O/c1-4-5-6-11-8-9(2)7-10(3)12-11/h10-11H,2,4-8H2,1,3H3/t10-,11+/m1/s1. The molecule has 0 saturated carbocycles. The minimum atomic E-state index is 0.396. The Morgan fingerprint density at radius 2 is 2.25 bits per heavy atom. The molecule has 0 aliphatic carbocycles. The minimum absolute atomic E-state index is 0.396. The lowest BCUT2D eigenvalue weighted by Crippen LogP contribution is -2.26. The summed E-state index contributed by atoms with van der Waals surface area (Å²) in [6, 6.07) is 0. The van der Waals surface area contributed by atoms with E-state index in [4.69, 9.17) is 4.74 Å². The lowest BCUT2D eigenvalue weighted by atomic mass is 9.97. The van der Waals surface area contributed by atoms with E-state index in [1.54, 1.807) is 0 Å². The summed E-state index contributed by atoms with van der Waals surface area (Å²) in [6.45, 7) is 8.41. The molecule has 1 nitrogen and oxygen atoms in total. The second-order valence-corrected chi connectivity index (χ2v) is 3.87. The Morgan fingerprint density at radius 1 is 1.50 bits per heavy atom. The van der Waals surface area contributed by atoms with E-state index in [1.165, 1.54) is 24.8 Å². The Labute approximate surface area is 75.8 Å². The van der Waals surface area contributed by atoms with Gasteiger partial charge in [-0.3, -0.25) is 0 Å². The predicted octanol–water partition coefficient (Wildman–Crippen LogP) is 3.30. The molecule has 1 aliphatic heterocycles. The smallest absolute Gasteiger partial charge is 0.0615 e. The quantitative estimate of drug-likeness (QED) is 0.587. The molecular formula is C11H20O. The molecule has 1 heteroatoms. The van der Waals surface area contributed by atoms with Gasteiger partial charge < -0.3 is 4.74 Å². The Hall–Kier alpha value is -0.300. The highest BCUT2D eigenvalue weighted by Gasteiger charge is 2.20. The SMILES string of the molecule is C=C1C[C@H](CCCC)O[C@H](C)C1. The van der Waals surface area contributed by atoms with Crippen molar-refractivity contribution in [1.82, 2.24) is 0 Å². The third-order valence-corrected chi connectivity index (χ3v) is 2.40. The second-order valence-electron chi connectivity index (χ2n) is 3.87. The van der Waals surface area contributed by atoms with Gasteiger partial charge in [0.15, 0.2) is 0 Å². The summed E-state index contributed by atoms with van der Waals surface area (Å²) in [4.78, 5) is 0. The molecule has 12 heavy (non-hydrogen) atoms. The number of hydrogen-bond donors (Lipinski definition) is 0. The third kappa shape index (κ3) is 2.98. The van der Waals surface area contributed by atoms with Gasteiger partial charge in [-0.25, -0.2) is 0 Å². The molecule has 0 aromatic rings. The first-order valence-electron chi connectivity index (χ1n) is 5.04. The number of hydrogen-bond acceptors (Lipinski definition) is 1. The van der Waals surface area contributed by atoms with Crippen LogP contribution in [0.3, 0.4) is 0 Å². The highest BCUT2D eigenvalue weighted by Crippen LogP contribution is 2.25. The fraction of sp³-hybridized carbons (Fsp3) is 0.818. The van der Waals surface area contributed by atoms with E-state index in [2.05, 4.69) is 20.4 Å². The average molecular weight is 168 g/mol. The molecule has 70 valence electrons. The molecular weight excluding hydrogens is 148 g/mol. The van der Waals surface area contributed by atoms with E-state index < -0.39 is 0 Å². The van der Waals surface area contributed by atoms with E-state index in [0.29, 0.717) is 12.2 Å². The fourth-order valence-electron chi connectivity index (χ4n) is 1.84. The van der Waals surface area contributed by atoms with Crippen molar-refractivity contribution in [3.8, 4) is 0 Å². The molecule has 1 fully saturated rings. The number of rotatable bonds is 3. The molecule has 2 atom stereocenters. The van der Waals surface area contributed by atoms with Gasteiger partial charge in [0.25, 0.3) is 0 Å². The van der Waals surface area contributed by atoms with Crippen molar-refractivity contribution in [1.29, 1.82) is 0 Å². The fourth-order valence-corrected chi connectivity index (χ4v) is 1.84. The maximum atomic E-state index is 5.80. The molecule has 0 amide bonds. The van der Waals surface area contributed by atoms with Gasteiger partial charge in [-0.1, -0.05) is 31.9 Å². The Kier molecular flexibility index (Phi) is 3.80. The van der Waals surface area contributed by atoms with Gasteiger partial charge in [0.1, 0.15) is 0 Å². The Morgan fingerprint density at radius 3 is 2.83 bits per heavy atom. The second kappa shape index (κ2) is 4.66. The summed E-state index contributed by atoms with van der Waals surface area (Å²) in [5.41, 5.74) is 1.37. The summed E-state index contributed by atoms with van der Waals surface area (Å²) in [5, 5.41) is 0. The summed E-state index contributed by atoms with van der Waals surface area (Å²) in [6.07, 6.45) is 6.76. The van der Waals surface area contributed by atoms with Gasteiger partial charge in [-0.05, 0) is 26.2 Å². The van der Waals surface area contributed by atoms with Crippen molar-refractivity contribution in [3.63, 3.8) is 0 Å². The van der Waals surface area contributed by atoms with E-state index in [1.807, 2.05) is 0 Å². The monoisotopic (exact) mass is 168 g/mol. The van der Waals surface area contributed by atoms with Crippen LogP contribution in [-0.2, 0) is 4.74 Å². The van der Waals surface area contributed by atoms with Gasteiger partial charge in [0.05, 0.1) is 12.2 Å². The Bertz CT molecular complexity index is 151. The summed E-state index contributed by atoms with van der Waals surface area (Å²) >= 11 is 0. The topological polar surface area (TPSA) is 9.23 Å². The Balaban J connectivity index is 2.29. The van der Waals surface area contributed by atoms with Crippen LogP contribution in [0.1, 0.15) is 46.0 Å². The molecule has 1 rings (SSSR count). The maximum absolute atomic E-state index is 5.80. The first kappa shape index (κ1) is 9.79. The minimum Gasteiger partial charge on any atom is -0.375 e. The lowest BCUT2D eigenvalue weighted by Gasteiger charge is -2.29. The summed E-state index contributed by atoms with van der Waals surface area (Å²) in [7, 11) is 0. The van der Waals surface area contributed by atoms with Gasteiger partial charge in [0, 0.05) is 0 Å². The van der Waals surface area contributed by atoms with Crippen LogP contribution in [0.5, 0.6) is 0 Å². The summed E-state index contributed by atoms with van der Waals surface area (Å²) < 4.78 is 5.80. The molecule has 0 bridgehead atoms. The van der Waals surface area contributed by atoms with Crippen LogP contribution in [0.15, 0.2) is 12.2 Å². The molecule has 1 heterocycles. The zero-order valence-corrected chi connectivity index (χ0v) is 8.31.